The number of carbonyl (C=O) groups is 3. The van der Waals surface area contributed by atoms with E-state index >= 15 is 0 Å². The maximum atomic E-state index is 12.6. The molecule has 1 aliphatic heterocycles. The molecule has 2 aromatic carbocycles. The summed E-state index contributed by atoms with van der Waals surface area (Å²) in [5, 5.41) is 2.22. The van der Waals surface area contributed by atoms with Crippen LogP contribution in [0.1, 0.15) is 50.0 Å². The van der Waals surface area contributed by atoms with Crippen LogP contribution >= 0.6 is 11.8 Å². The van der Waals surface area contributed by atoms with E-state index in [1.54, 1.807) is 19.1 Å². The Kier molecular flexibility index (Phi) is 6.13. The van der Waals surface area contributed by atoms with Crippen molar-refractivity contribution in [2.75, 3.05) is 5.32 Å². The summed E-state index contributed by atoms with van der Waals surface area (Å²) in [6, 6.07) is 14.8. The van der Waals surface area contributed by atoms with Gasteiger partial charge in [0.2, 0.25) is 11.7 Å². The molecule has 0 saturated carbocycles. The number of fused-ring (bicyclic) bond motifs is 1. The van der Waals surface area contributed by atoms with E-state index in [9.17, 15) is 14.4 Å². The number of ketones is 1. The molecule has 5 nitrogen and oxygen atoms in total. The molecule has 6 heteroatoms. The Balaban J connectivity index is 1.59. The molecular formula is C23H25NO4S. The van der Waals surface area contributed by atoms with Crippen molar-refractivity contribution < 1.29 is 19.1 Å². The number of anilines is 1. The van der Waals surface area contributed by atoms with Crippen molar-refractivity contribution in [2.24, 2.45) is 0 Å². The van der Waals surface area contributed by atoms with Crippen LogP contribution in [0.25, 0.3) is 0 Å². The van der Waals surface area contributed by atoms with Gasteiger partial charge in [-0.15, -0.1) is 11.8 Å². The minimum Gasteiger partial charge on any atom is -0.454 e. The molecule has 0 aliphatic carbocycles. The first-order valence-corrected chi connectivity index (χ1v) is 10.4. The van der Waals surface area contributed by atoms with Gasteiger partial charge in [0.25, 0.3) is 0 Å². The van der Waals surface area contributed by atoms with Crippen LogP contribution in [0.2, 0.25) is 0 Å². The first-order valence-electron chi connectivity index (χ1n) is 9.56. The molecule has 0 aromatic heterocycles. The van der Waals surface area contributed by atoms with E-state index in [1.165, 1.54) is 11.8 Å². The van der Waals surface area contributed by atoms with Gasteiger partial charge < -0.3 is 10.1 Å². The van der Waals surface area contributed by atoms with E-state index in [0.29, 0.717) is 5.56 Å². The standard InChI is InChI=1S/C23H25NO4S/c1-14(21(26)15-9-11-16(12-10-15)23(2,3)4)28-20(25)13-19-22(27)24-17-7-5-6-8-18(17)29-19/h5-12,14,19H,13H2,1-4H3,(H,24,27)/t14-,19-/m0/s1. The number of carbonyl (C=O) groups excluding carboxylic acids is 3. The first-order chi connectivity index (χ1) is 13.6. The van der Waals surface area contributed by atoms with Crippen LogP contribution in [0.4, 0.5) is 5.69 Å². The molecule has 1 amide bonds. The Labute approximate surface area is 175 Å². The highest BCUT2D eigenvalue weighted by atomic mass is 32.2. The highest BCUT2D eigenvalue weighted by Gasteiger charge is 2.30. The average Bonchev–Trinajstić information content (AvgIpc) is 2.67. The largest absolute Gasteiger partial charge is 0.454 e. The Bertz CT molecular complexity index is 931. The smallest absolute Gasteiger partial charge is 0.308 e. The fourth-order valence-electron chi connectivity index (χ4n) is 3.05. The van der Waals surface area contributed by atoms with Crippen LogP contribution in [0, 0.1) is 0 Å². The summed E-state index contributed by atoms with van der Waals surface area (Å²) in [4.78, 5) is 38.1. The van der Waals surface area contributed by atoms with Gasteiger partial charge in [0.1, 0.15) is 0 Å². The van der Waals surface area contributed by atoms with Crippen LogP contribution in [-0.2, 0) is 19.7 Å². The molecule has 152 valence electrons. The normalized spacial score (nSPS) is 17.1. The van der Waals surface area contributed by atoms with Crippen molar-refractivity contribution in [3.8, 4) is 0 Å². The SMILES string of the molecule is C[C@H](OC(=O)C[C@@H]1Sc2ccccc2NC1=O)C(=O)c1ccc(C(C)(C)C)cc1. The van der Waals surface area contributed by atoms with Gasteiger partial charge in [0.15, 0.2) is 6.10 Å². The van der Waals surface area contributed by atoms with Gasteiger partial charge in [0, 0.05) is 10.5 Å². The monoisotopic (exact) mass is 411 g/mol. The van der Waals surface area contributed by atoms with Gasteiger partial charge in [-0.3, -0.25) is 14.4 Å². The van der Waals surface area contributed by atoms with Crippen molar-refractivity contribution in [1.29, 1.82) is 0 Å². The highest BCUT2D eigenvalue weighted by Crippen LogP contribution is 2.36. The maximum Gasteiger partial charge on any atom is 0.308 e. The number of hydrogen-bond acceptors (Lipinski definition) is 5. The zero-order chi connectivity index (χ0) is 21.2. The Hall–Kier alpha value is -2.60. The zero-order valence-electron chi connectivity index (χ0n) is 17.0. The molecule has 0 radical (unpaired) electrons. The number of hydrogen-bond donors (Lipinski definition) is 1. The summed E-state index contributed by atoms with van der Waals surface area (Å²) in [6.45, 7) is 7.87. The Morgan fingerprint density at radius 2 is 1.76 bits per heavy atom. The van der Waals surface area contributed by atoms with Crippen LogP contribution < -0.4 is 5.32 Å². The van der Waals surface area contributed by atoms with Gasteiger partial charge in [-0.2, -0.15) is 0 Å². The second-order valence-electron chi connectivity index (χ2n) is 8.12. The number of para-hydroxylation sites is 1. The molecule has 1 heterocycles. The zero-order valence-corrected chi connectivity index (χ0v) is 17.8. The third-order valence-electron chi connectivity index (χ3n) is 4.77. The molecule has 0 saturated heterocycles. The second kappa shape index (κ2) is 8.41. The van der Waals surface area contributed by atoms with E-state index in [1.807, 2.05) is 36.4 Å². The lowest BCUT2D eigenvalue weighted by atomic mass is 9.86. The minimum atomic E-state index is -0.910. The number of thioether (sulfide) groups is 1. The maximum absolute atomic E-state index is 12.6. The van der Waals surface area contributed by atoms with Crippen molar-refractivity contribution in [3.05, 3.63) is 59.7 Å². The summed E-state index contributed by atoms with van der Waals surface area (Å²) in [5.41, 5.74) is 2.36. The van der Waals surface area contributed by atoms with Gasteiger partial charge in [-0.25, -0.2) is 0 Å². The molecule has 2 atom stereocenters. The number of ether oxygens (including phenoxy) is 1. The molecule has 1 N–H and O–H groups in total. The number of esters is 1. The first kappa shape index (κ1) is 21.1. The summed E-state index contributed by atoms with van der Waals surface area (Å²) in [7, 11) is 0. The number of rotatable bonds is 5. The van der Waals surface area contributed by atoms with E-state index < -0.39 is 17.3 Å². The Morgan fingerprint density at radius 1 is 1.10 bits per heavy atom. The molecule has 0 bridgehead atoms. The average molecular weight is 412 g/mol. The molecule has 29 heavy (non-hydrogen) atoms. The molecule has 0 unspecified atom stereocenters. The number of nitrogens with one attached hydrogen (secondary N) is 1. The third-order valence-corrected chi connectivity index (χ3v) is 6.05. The van der Waals surface area contributed by atoms with E-state index in [-0.39, 0.29) is 23.5 Å². The quantitative estimate of drug-likeness (QED) is 0.575. The molecule has 2 aromatic rings. The third kappa shape index (κ3) is 5.07. The molecular weight excluding hydrogens is 386 g/mol. The van der Waals surface area contributed by atoms with E-state index in [4.69, 9.17) is 4.74 Å². The van der Waals surface area contributed by atoms with Crippen molar-refractivity contribution in [2.45, 2.75) is 55.8 Å². The predicted molar refractivity (Wildman–Crippen MR) is 114 cm³/mol. The lowest BCUT2D eigenvalue weighted by Crippen LogP contribution is -2.33. The van der Waals surface area contributed by atoms with Crippen molar-refractivity contribution in [1.82, 2.24) is 0 Å². The van der Waals surface area contributed by atoms with Gasteiger partial charge in [-0.05, 0) is 30.0 Å². The molecule has 3 rings (SSSR count). The number of benzene rings is 2. The molecule has 1 aliphatic rings. The van der Waals surface area contributed by atoms with E-state index in [0.717, 1.165) is 16.1 Å². The van der Waals surface area contributed by atoms with Crippen LogP contribution in [0.5, 0.6) is 0 Å². The summed E-state index contributed by atoms with van der Waals surface area (Å²) >= 11 is 1.33. The van der Waals surface area contributed by atoms with Crippen LogP contribution in [0.3, 0.4) is 0 Å². The van der Waals surface area contributed by atoms with Gasteiger partial charge in [0.05, 0.1) is 17.4 Å². The lowest BCUT2D eigenvalue weighted by molar-refractivity contribution is -0.147. The minimum absolute atomic E-state index is 0.00346. The number of amides is 1. The fraction of sp³-hybridized carbons (Fsp3) is 0.348. The fourth-order valence-corrected chi connectivity index (χ4v) is 4.14. The van der Waals surface area contributed by atoms with Gasteiger partial charge in [-0.1, -0.05) is 57.2 Å². The molecule has 0 fully saturated rings. The number of Topliss-reactive ketones (excluding diaryl/α,β-unsaturated/α-hetero) is 1. The lowest BCUT2D eigenvalue weighted by Gasteiger charge is -2.23. The molecule has 0 spiro atoms. The van der Waals surface area contributed by atoms with Crippen molar-refractivity contribution in [3.63, 3.8) is 0 Å². The summed E-state index contributed by atoms with van der Waals surface area (Å²) < 4.78 is 5.32. The van der Waals surface area contributed by atoms with E-state index in [2.05, 4.69) is 26.1 Å². The summed E-state index contributed by atoms with van der Waals surface area (Å²) in [6.07, 6.45) is -1.00. The van der Waals surface area contributed by atoms with Crippen LogP contribution in [0.15, 0.2) is 53.4 Å². The Morgan fingerprint density at radius 3 is 2.41 bits per heavy atom. The topological polar surface area (TPSA) is 72.5 Å². The summed E-state index contributed by atoms with van der Waals surface area (Å²) in [5.74, 6) is -1.06. The second-order valence-corrected chi connectivity index (χ2v) is 9.36. The van der Waals surface area contributed by atoms with Crippen molar-refractivity contribution >= 4 is 35.1 Å². The highest BCUT2D eigenvalue weighted by molar-refractivity contribution is 8.01. The van der Waals surface area contributed by atoms with Gasteiger partial charge >= 0.3 is 5.97 Å². The van der Waals surface area contributed by atoms with Crippen LogP contribution in [-0.4, -0.2) is 29.0 Å². The predicted octanol–water partition coefficient (Wildman–Crippen LogP) is 4.60.